The molecular formula is C20H17N5. The first-order valence-corrected chi connectivity index (χ1v) is 8.29. The average molecular weight is 327 g/mol. The average Bonchev–Trinajstić information content (AvgIpc) is 3.47. The lowest BCUT2D eigenvalue weighted by molar-refractivity contribution is 1.06. The Labute approximate surface area is 146 Å². The Morgan fingerprint density at radius 2 is 1.72 bits per heavy atom. The fourth-order valence-electron chi connectivity index (χ4n) is 2.57. The van der Waals surface area contributed by atoms with E-state index in [2.05, 4.69) is 26.7 Å². The lowest BCUT2D eigenvalue weighted by Crippen LogP contribution is -2.08. The van der Waals surface area contributed by atoms with Crippen LogP contribution in [0.5, 0.6) is 0 Å². The summed E-state index contributed by atoms with van der Waals surface area (Å²) in [5, 5.41) is 15.9. The molecule has 1 aliphatic carbocycles. The van der Waals surface area contributed by atoms with Crippen LogP contribution in [-0.2, 0) is 0 Å². The molecule has 3 aromatic rings. The number of para-hydroxylation sites is 1. The van der Waals surface area contributed by atoms with E-state index in [9.17, 15) is 5.26 Å². The van der Waals surface area contributed by atoms with E-state index in [-0.39, 0.29) is 0 Å². The van der Waals surface area contributed by atoms with E-state index in [1.807, 2.05) is 54.6 Å². The summed E-state index contributed by atoms with van der Waals surface area (Å²) in [5.41, 5.74) is 3.19. The normalized spacial score (nSPS) is 13.1. The van der Waals surface area contributed by atoms with Crippen LogP contribution < -0.4 is 10.6 Å². The third-order valence-corrected chi connectivity index (χ3v) is 4.02. The third-order valence-electron chi connectivity index (χ3n) is 4.02. The van der Waals surface area contributed by atoms with Gasteiger partial charge in [0, 0.05) is 17.7 Å². The highest BCUT2D eigenvalue weighted by atomic mass is 15.2. The Kier molecular flexibility index (Phi) is 4.01. The van der Waals surface area contributed by atoms with Crippen LogP contribution in [0.4, 0.5) is 17.5 Å². The molecule has 0 radical (unpaired) electrons. The first kappa shape index (κ1) is 15.2. The molecule has 0 spiro atoms. The predicted molar refractivity (Wildman–Crippen MR) is 98.6 cm³/mol. The van der Waals surface area contributed by atoms with Gasteiger partial charge in [-0.05, 0) is 25.0 Å². The standard InChI is InChI=1S/C20H17N5/c21-13-15-8-4-5-9-17(15)23-19-12-18(14-6-2-1-3-7-14)24-20(25-19)22-16-10-11-16/h1-9,12,16H,10-11H2,(H2,22,23,24,25). The molecule has 25 heavy (non-hydrogen) atoms. The molecular weight excluding hydrogens is 310 g/mol. The van der Waals surface area contributed by atoms with Crippen molar-refractivity contribution in [3.8, 4) is 17.3 Å². The van der Waals surface area contributed by atoms with E-state index in [0.717, 1.165) is 29.8 Å². The van der Waals surface area contributed by atoms with Gasteiger partial charge in [-0.1, -0.05) is 42.5 Å². The molecule has 2 aromatic carbocycles. The summed E-state index contributed by atoms with van der Waals surface area (Å²) >= 11 is 0. The topological polar surface area (TPSA) is 73.6 Å². The van der Waals surface area contributed by atoms with Crippen molar-refractivity contribution in [1.82, 2.24) is 9.97 Å². The summed E-state index contributed by atoms with van der Waals surface area (Å²) in [4.78, 5) is 9.21. The zero-order valence-corrected chi connectivity index (χ0v) is 13.6. The summed E-state index contributed by atoms with van der Waals surface area (Å²) in [6, 6.07) is 22.0. The molecule has 1 heterocycles. The van der Waals surface area contributed by atoms with Crippen molar-refractivity contribution in [2.24, 2.45) is 0 Å². The van der Waals surface area contributed by atoms with Gasteiger partial charge in [0.1, 0.15) is 11.9 Å². The monoisotopic (exact) mass is 327 g/mol. The molecule has 2 N–H and O–H groups in total. The van der Waals surface area contributed by atoms with Gasteiger partial charge in [-0.2, -0.15) is 10.2 Å². The van der Waals surface area contributed by atoms with Gasteiger partial charge in [0.05, 0.1) is 16.9 Å². The van der Waals surface area contributed by atoms with Crippen LogP contribution in [-0.4, -0.2) is 16.0 Å². The Bertz CT molecular complexity index is 926. The number of nitriles is 1. The minimum absolute atomic E-state index is 0.463. The number of aromatic nitrogens is 2. The van der Waals surface area contributed by atoms with Crippen molar-refractivity contribution in [3.63, 3.8) is 0 Å². The van der Waals surface area contributed by atoms with E-state index in [4.69, 9.17) is 0 Å². The van der Waals surface area contributed by atoms with Gasteiger partial charge in [0.2, 0.25) is 5.95 Å². The van der Waals surface area contributed by atoms with Gasteiger partial charge in [-0.15, -0.1) is 0 Å². The Balaban J connectivity index is 1.72. The summed E-state index contributed by atoms with van der Waals surface area (Å²) in [7, 11) is 0. The number of anilines is 3. The molecule has 0 saturated heterocycles. The van der Waals surface area contributed by atoms with E-state index >= 15 is 0 Å². The Morgan fingerprint density at radius 3 is 2.48 bits per heavy atom. The van der Waals surface area contributed by atoms with Crippen LogP contribution >= 0.6 is 0 Å². The highest BCUT2D eigenvalue weighted by Gasteiger charge is 2.22. The number of benzene rings is 2. The highest BCUT2D eigenvalue weighted by molar-refractivity contribution is 5.70. The molecule has 5 nitrogen and oxygen atoms in total. The van der Waals surface area contributed by atoms with Crippen LogP contribution in [0, 0.1) is 11.3 Å². The molecule has 122 valence electrons. The lowest BCUT2D eigenvalue weighted by Gasteiger charge is -2.12. The largest absolute Gasteiger partial charge is 0.351 e. The third kappa shape index (κ3) is 3.59. The Hall–Kier alpha value is -3.39. The zero-order valence-electron chi connectivity index (χ0n) is 13.6. The maximum absolute atomic E-state index is 9.28. The first-order chi connectivity index (χ1) is 12.3. The van der Waals surface area contributed by atoms with Crippen molar-refractivity contribution in [2.45, 2.75) is 18.9 Å². The highest BCUT2D eigenvalue weighted by Crippen LogP contribution is 2.28. The number of nitrogens with zero attached hydrogens (tertiary/aromatic N) is 3. The smallest absolute Gasteiger partial charge is 0.225 e. The van der Waals surface area contributed by atoms with Gasteiger partial charge >= 0.3 is 0 Å². The van der Waals surface area contributed by atoms with Crippen LogP contribution in [0.15, 0.2) is 60.7 Å². The van der Waals surface area contributed by atoms with Gasteiger partial charge in [-0.25, -0.2) is 4.98 Å². The van der Waals surface area contributed by atoms with E-state index in [1.54, 1.807) is 6.07 Å². The minimum Gasteiger partial charge on any atom is -0.351 e. The summed E-state index contributed by atoms with van der Waals surface area (Å²) in [6.45, 7) is 0. The molecule has 1 aromatic heterocycles. The number of rotatable bonds is 5. The van der Waals surface area contributed by atoms with Crippen molar-refractivity contribution >= 4 is 17.5 Å². The van der Waals surface area contributed by atoms with Crippen LogP contribution in [0.1, 0.15) is 18.4 Å². The Morgan fingerprint density at radius 1 is 0.960 bits per heavy atom. The molecule has 0 amide bonds. The van der Waals surface area contributed by atoms with Gasteiger partial charge in [0.25, 0.3) is 0 Å². The maximum atomic E-state index is 9.28. The molecule has 4 rings (SSSR count). The van der Waals surface area contributed by atoms with Gasteiger partial charge in [0.15, 0.2) is 0 Å². The number of hydrogen-bond donors (Lipinski definition) is 2. The molecule has 0 bridgehead atoms. The van der Waals surface area contributed by atoms with Gasteiger partial charge < -0.3 is 10.6 Å². The second-order valence-electron chi connectivity index (χ2n) is 6.03. The van der Waals surface area contributed by atoms with Crippen molar-refractivity contribution in [2.75, 3.05) is 10.6 Å². The van der Waals surface area contributed by atoms with Crippen LogP contribution in [0.2, 0.25) is 0 Å². The fraction of sp³-hybridized carbons (Fsp3) is 0.150. The van der Waals surface area contributed by atoms with Crippen molar-refractivity contribution in [3.05, 3.63) is 66.2 Å². The molecule has 5 heteroatoms. The number of hydrogen-bond acceptors (Lipinski definition) is 5. The fourth-order valence-corrected chi connectivity index (χ4v) is 2.57. The molecule has 1 saturated carbocycles. The summed E-state index contributed by atoms with van der Waals surface area (Å²) in [6.07, 6.45) is 2.30. The second-order valence-corrected chi connectivity index (χ2v) is 6.03. The summed E-state index contributed by atoms with van der Waals surface area (Å²) < 4.78 is 0. The first-order valence-electron chi connectivity index (χ1n) is 8.29. The van der Waals surface area contributed by atoms with Crippen LogP contribution in [0.3, 0.4) is 0 Å². The quantitative estimate of drug-likeness (QED) is 0.729. The molecule has 0 aliphatic heterocycles. The van der Waals surface area contributed by atoms with E-state index < -0.39 is 0 Å². The predicted octanol–water partition coefficient (Wildman–Crippen LogP) is 4.33. The van der Waals surface area contributed by atoms with Crippen molar-refractivity contribution < 1.29 is 0 Å². The molecule has 0 atom stereocenters. The molecule has 1 fully saturated rings. The van der Waals surface area contributed by atoms with Crippen LogP contribution in [0.25, 0.3) is 11.3 Å². The number of nitrogens with one attached hydrogen (secondary N) is 2. The van der Waals surface area contributed by atoms with Crippen molar-refractivity contribution in [1.29, 1.82) is 5.26 Å². The second kappa shape index (κ2) is 6.62. The SMILES string of the molecule is N#Cc1ccccc1Nc1cc(-c2ccccc2)nc(NC2CC2)n1. The minimum atomic E-state index is 0.463. The van der Waals surface area contributed by atoms with E-state index in [1.165, 1.54) is 0 Å². The zero-order chi connectivity index (χ0) is 17.1. The maximum Gasteiger partial charge on any atom is 0.225 e. The van der Waals surface area contributed by atoms with E-state index in [0.29, 0.717) is 23.4 Å². The molecule has 0 unspecified atom stereocenters. The molecule has 1 aliphatic rings. The summed E-state index contributed by atoms with van der Waals surface area (Å²) in [5.74, 6) is 1.28. The van der Waals surface area contributed by atoms with Gasteiger partial charge in [-0.3, -0.25) is 0 Å². The lowest BCUT2D eigenvalue weighted by atomic mass is 10.1.